The number of furan rings is 1. The van der Waals surface area contributed by atoms with Crippen LogP contribution in [0.2, 0.25) is 0 Å². The van der Waals surface area contributed by atoms with E-state index >= 15 is 0 Å². The lowest BCUT2D eigenvalue weighted by molar-refractivity contribution is -0.0989. The van der Waals surface area contributed by atoms with E-state index in [2.05, 4.69) is 170 Å². The second kappa shape index (κ2) is 10.9. The Kier molecular flexibility index (Phi) is 6.11. The molecule has 2 nitrogen and oxygen atoms in total. The second-order valence-corrected chi connectivity index (χ2v) is 18.0. The molecule has 1 heterocycles. The van der Waals surface area contributed by atoms with Gasteiger partial charge in [-0.2, -0.15) is 0 Å². The molecule has 0 N–H and O–H groups in total. The van der Waals surface area contributed by atoms with Crippen molar-refractivity contribution in [3.63, 3.8) is 0 Å². The minimum Gasteiger partial charge on any atom is -0.455 e. The largest absolute Gasteiger partial charge is 0.455 e. The zero-order valence-corrected chi connectivity index (χ0v) is 31.9. The molecular formula is C54H43NO. The van der Waals surface area contributed by atoms with E-state index in [0.29, 0.717) is 5.41 Å². The molecule has 0 saturated heterocycles. The summed E-state index contributed by atoms with van der Waals surface area (Å²) in [4.78, 5) is 2.45. The summed E-state index contributed by atoms with van der Waals surface area (Å²) in [6.07, 6.45) is 5.73. The average Bonchev–Trinajstić information content (AvgIpc) is 3.83. The van der Waals surface area contributed by atoms with E-state index in [1.807, 2.05) is 0 Å². The number of rotatable bonds is 5. The van der Waals surface area contributed by atoms with Crippen LogP contribution in [0.15, 0.2) is 156 Å². The Balaban J connectivity index is 0.925. The zero-order valence-electron chi connectivity index (χ0n) is 31.9. The summed E-state index contributed by atoms with van der Waals surface area (Å²) in [6, 6.07) is 56.4. The fourth-order valence-corrected chi connectivity index (χ4v) is 13.0. The summed E-state index contributed by atoms with van der Waals surface area (Å²) >= 11 is 0. The van der Waals surface area contributed by atoms with Gasteiger partial charge in [-0.3, -0.25) is 0 Å². The first-order chi connectivity index (χ1) is 27.5. The molecule has 0 aliphatic heterocycles. The van der Waals surface area contributed by atoms with Crippen LogP contribution in [-0.2, 0) is 5.41 Å². The van der Waals surface area contributed by atoms with Crippen molar-refractivity contribution in [2.45, 2.75) is 56.8 Å². The average molecular weight is 722 g/mol. The van der Waals surface area contributed by atoms with Gasteiger partial charge < -0.3 is 9.32 Å². The van der Waals surface area contributed by atoms with Crippen LogP contribution in [0.5, 0.6) is 0 Å². The van der Waals surface area contributed by atoms with Crippen molar-refractivity contribution >= 4 is 39.0 Å². The Morgan fingerprint density at radius 3 is 1.89 bits per heavy atom. The molecule has 270 valence electrons. The van der Waals surface area contributed by atoms with Crippen molar-refractivity contribution in [2.24, 2.45) is 17.3 Å². The van der Waals surface area contributed by atoms with Crippen LogP contribution in [0.4, 0.5) is 17.1 Å². The number of para-hydroxylation sites is 1. The lowest BCUT2D eigenvalue weighted by Crippen LogP contribution is -2.54. The van der Waals surface area contributed by atoms with E-state index in [9.17, 15) is 0 Å². The molecule has 7 aromatic carbocycles. The number of hydrogen-bond acceptors (Lipinski definition) is 2. The summed E-state index contributed by atoms with van der Waals surface area (Å²) in [5, 5.41) is 2.53. The fourth-order valence-electron chi connectivity index (χ4n) is 13.0. The van der Waals surface area contributed by atoms with Crippen LogP contribution in [0.3, 0.4) is 0 Å². The van der Waals surface area contributed by atoms with Gasteiger partial charge >= 0.3 is 0 Å². The van der Waals surface area contributed by atoms with Crippen LogP contribution in [0, 0.1) is 17.3 Å². The number of nitrogens with zero attached hydrogens (tertiary/aromatic N) is 1. The molecule has 5 aliphatic carbocycles. The van der Waals surface area contributed by atoms with Crippen molar-refractivity contribution < 1.29 is 4.42 Å². The Morgan fingerprint density at radius 2 is 1.14 bits per heavy atom. The molecule has 5 unspecified atom stereocenters. The molecule has 5 aliphatic rings. The minimum atomic E-state index is -0.0848. The summed E-state index contributed by atoms with van der Waals surface area (Å²) < 4.78 is 6.89. The maximum atomic E-state index is 6.89. The van der Waals surface area contributed by atoms with Crippen molar-refractivity contribution in [1.82, 2.24) is 0 Å². The quantitative estimate of drug-likeness (QED) is 0.176. The predicted octanol–water partition coefficient (Wildman–Crippen LogP) is 14.7. The van der Waals surface area contributed by atoms with Crippen LogP contribution >= 0.6 is 0 Å². The van der Waals surface area contributed by atoms with Crippen LogP contribution in [-0.4, -0.2) is 0 Å². The molecule has 0 amide bonds. The fraction of sp³-hybridized carbons (Fsp3) is 0.222. The molecule has 13 rings (SSSR count). The van der Waals surface area contributed by atoms with Crippen LogP contribution < -0.4 is 4.90 Å². The molecule has 1 aromatic heterocycles. The van der Waals surface area contributed by atoms with Gasteiger partial charge in [0.15, 0.2) is 0 Å². The van der Waals surface area contributed by atoms with Crippen molar-refractivity contribution in [3.05, 3.63) is 174 Å². The number of fused-ring (bicyclic) bond motifs is 9. The molecule has 5 atom stereocenters. The van der Waals surface area contributed by atoms with Crippen molar-refractivity contribution in [2.75, 3.05) is 4.90 Å². The highest BCUT2D eigenvalue weighted by Crippen LogP contribution is 2.84. The highest BCUT2D eigenvalue weighted by Gasteiger charge is 2.74. The van der Waals surface area contributed by atoms with Crippen LogP contribution in [0.1, 0.15) is 73.6 Å². The third kappa shape index (κ3) is 3.88. The van der Waals surface area contributed by atoms with E-state index in [4.69, 9.17) is 4.42 Å². The Morgan fingerprint density at radius 1 is 0.536 bits per heavy atom. The van der Waals surface area contributed by atoms with Gasteiger partial charge in [0.1, 0.15) is 11.2 Å². The summed E-state index contributed by atoms with van der Waals surface area (Å²) in [5.41, 5.74) is 19.5. The minimum absolute atomic E-state index is 0.0848. The predicted molar refractivity (Wildman–Crippen MR) is 230 cm³/mol. The number of benzene rings is 7. The van der Waals surface area contributed by atoms with E-state index < -0.39 is 0 Å². The zero-order chi connectivity index (χ0) is 36.9. The first kappa shape index (κ1) is 31.4. The lowest BCUT2D eigenvalue weighted by atomic mass is 9.41. The number of anilines is 3. The third-order valence-electron chi connectivity index (χ3n) is 15.5. The van der Waals surface area contributed by atoms with Gasteiger partial charge in [-0.15, -0.1) is 0 Å². The smallest absolute Gasteiger partial charge is 0.143 e. The molecule has 1 spiro atoms. The van der Waals surface area contributed by atoms with E-state index in [1.165, 1.54) is 81.1 Å². The lowest BCUT2D eigenvalue weighted by Gasteiger charge is -2.62. The van der Waals surface area contributed by atoms with Gasteiger partial charge in [-0.1, -0.05) is 123 Å². The normalized spacial score (nSPS) is 24.2. The first-order valence-electron chi connectivity index (χ1n) is 20.8. The molecule has 3 saturated carbocycles. The Labute approximate surface area is 328 Å². The molecule has 2 heteroatoms. The van der Waals surface area contributed by atoms with Crippen LogP contribution in [0.25, 0.3) is 55.3 Å². The highest BCUT2D eigenvalue weighted by molar-refractivity contribution is 6.10. The summed E-state index contributed by atoms with van der Waals surface area (Å²) in [6.45, 7) is 4.72. The van der Waals surface area contributed by atoms with Gasteiger partial charge in [0.2, 0.25) is 0 Å². The second-order valence-electron chi connectivity index (χ2n) is 18.0. The highest BCUT2D eigenvalue weighted by atomic mass is 16.3. The molecule has 3 fully saturated rings. The van der Waals surface area contributed by atoms with Gasteiger partial charge in [-0.05, 0) is 142 Å². The SMILES string of the molecule is CC1(C)c2ccccc2-c2c(N(c3ccc(-c4ccccc4)cc3)c3ccc(-c4cccc5c4oc4cc6c(cc45)C4CC5CCC7CC6C754)cc3)cccc21. The van der Waals surface area contributed by atoms with Gasteiger partial charge in [0.25, 0.3) is 0 Å². The van der Waals surface area contributed by atoms with E-state index in [0.717, 1.165) is 51.8 Å². The molecule has 8 aromatic rings. The summed E-state index contributed by atoms with van der Waals surface area (Å²) in [5.74, 6) is 3.48. The maximum Gasteiger partial charge on any atom is 0.143 e. The van der Waals surface area contributed by atoms with Crippen molar-refractivity contribution in [3.8, 4) is 33.4 Å². The van der Waals surface area contributed by atoms with Crippen molar-refractivity contribution in [1.29, 1.82) is 0 Å². The third-order valence-corrected chi connectivity index (χ3v) is 15.5. The monoisotopic (exact) mass is 721 g/mol. The molecule has 56 heavy (non-hydrogen) atoms. The topological polar surface area (TPSA) is 16.4 Å². The van der Waals surface area contributed by atoms with Gasteiger partial charge in [-0.25, -0.2) is 0 Å². The van der Waals surface area contributed by atoms with Gasteiger partial charge in [0, 0.05) is 38.7 Å². The van der Waals surface area contributed by atoms with E-state index in [1.54, 1.807) is 11.1 Å². The number of hydrogen-bond donors (Lipinski definition) is 0. The molecule has 0 radical (unpaired) electrons. The standard InChI is InChI=1S/C54H43NO/c1-53(2)45-15-7-6-12-41(45)51-46(53)16-9-17-49(51)55(37-24-18-33(19-25-37)32-10-4-3-5-11-32)38-26-20-34(21-27-38)39-13-8-14-40-44-30-42-43(31-50(44)56-52(39)40)48-29-36-23-22-35-28-47(42)54(35,36)48/h3-21,24-27,30-31,35-36,47-48H,22-23,28-29H2,1-2H3. The maximum absolute atomic E-state index is 6.89. The Bertz CT molecular complexity index is 2910. The summed E-state index contributed by atoms with van der Waals surface area (Å²) in [7, 11) is 0. The molecular weight excluding hydrogens is 679 g/mol. The molecule has 0 bridgehead atoms. The van der Waals surface area contributed by atoms with Gasteiger partial charge in [0.05, 0.1) is 5.69 Å². The first-order valence-corrected chi connectivity index (χ1v) is 20.8. The Hall–Kier alpha value is -5.86. The van der Waals surface area contributed by atoms with E-state index in [-0.39, 0.29) is 5.41 Å².